The Kier molecular flexibility index (Phi) is 4.68. The molecule has 3 aromatic rings. The van der Waals surface area contributed by atoms with Gasteiger partial charge < -0.3 is 9.64 Å². The number of fused-ring (bicyclic) bond motifs is 1. The molecule has 0 aliphatic carbocycles. The van der Waals surface area contributed by atoms with Crippen molar-refractivity contribution < 1.29 is 9.53 Å². The Bertz CT molecular complexity index is 1010. The second-order valence-corrected chi connectivity index (χ2v) is 6.43. The Morgan fingerprint density at radius 3 is 2.96 bits per heavy atom. The largest absolute Gasteiger partial charge is 0.383 e. The fraction of sp³-hybridized carbons (Fsp3) is 0.389. The van der Waals surface area contributed by atoms with Crippen LogP contribution in [0.25, 0.3) is 11.2 Å². The van der Waals surface area contributed by atoms with Crippen molar-refractivity contribution in [1.29, 1.82) is 0 Å². The molecule has 0 radical (unpaired) electrons. The lowest BCUT2D eigenvalue weighted by molar-refractivity contribution is 0.0781. The van der Waals surface area contributed by atoms with Crippen LogP contribution < -0.4 is 5.69 Å². The van der Waals surface area contributed by atoms with Crippen LogP contribution in [0.2, 0.25) is 0 Å². The van der Waals surface area contributed by atoms with Crippen LogP contribution in [0.4, 0.5) is 0 Å². The third kappa shape index (κ3) is 3.10. The van der Waals surface area contributed by atoms with Crippen LogP contribution in [-0.4, -0.2) is 61.7 Å². The summed E-state index contributed by atoms with van der Waals surface area (Å²) in [6.07, 6.45) is 6.85. The molecular formula is C18H20N6O3. The third-order valence-corrected chi connectivity index (χ3v) is 4.84. The number of imidazole rings is 1. The average Bonchev–Trinajstić information content (AvgIpc) is 3.29. The molecule has 0 N–H and O–H groups in total. The van der Waals surface area contributed by atoms with Crippen molar-refractivity contribution in [3.05, 3.63) is 53.1 Å². The van der Waals surface area contributed by atoms with Crippen molar-refractivity contribution in [1.82, 2.24) is 29.0 Å². The van der Waals surface area contributed by atoms with Gasteiger partial charge in [0.15, 0.2) is 5.65 Å². The van der Waals surface area contributed by atoms with Crippen molar-refractivity contribution in [2.75, 3.05) is 26.8 Å². The number of amides is 1. The summed E-state index contributed by atoms with van der Waals surface area (Å²) in [5.41, 5.74) is 1.60. The van der Waals surface area contributed by atoms with Gasteiger partial charge in [-0.3, -0.25) is 18.9 Å². The predicted octanol–water partition coefficient (Wildman–Crippen LogP) is 0.722. The number of ether oxygens (including phenoxy) is 1. The molecule has 1 amide bonds. The SMILES string of the molecule is COCCn1c(=O)n([C@@H]2CCN(C(=O)c3cnccn3)C2)c2ncccc21. The summed E-state index contributed by atoms with van der Waals surface area (Å²) < 4.78 is 8.51. The van der Waals surface area contributed by atoms with Crippen LogP contribution in [0.15, 0.2) is 41.7 Å². The molecule has 0 saturated carbocycles. The lowest BCUT2D eigenvalue weighted by Gasteiger charge is -2.16. The number of likely N-dealkylation sites (tertiary alicyclic amines) is 1. The first-order valence-electron chi connectivity index (χ1n) is 8.80. The molecule has 1 saturated heterocycles. The van der Waals surface area contributed by atoms with Crippen molar-refractivity contribution in [2.45, 2.75) is 19.0 Å². The van der Waals surface area contributed by atoms with Crippen LogP contribution in [0.1, 0.15) is 23.0 Å². The molecule has 1 aliphatic rings. The number of aromatic nitrogens is 5. The number of hydrogen-bond acceptors (Lipinski definition) is 6. The Morgan fingerprint density at radius 2 is 2.19 bits per heavy atom. The molecule has 1 fully saturated rings. The minimum absolute atomic E-state index is 0.125. The van der Waals surface area contributed by atoms with E-state index in [1.165, 1.54) is 18.6 Å². The Labute approximate surface area is 155 Å². The molecule has 140 valence electrons. The van der Waals surface area contributed by atoms with E-state index in [0.29, 0.717) is 44.0 Å². The standard InChI is InChI=1S/C18H20N6O3/c1-27-10-9-23-15-3-2-5-21-16(15)24(18(23)26)13-4-8-22(12-13)17(25)14-11-19-6-7-20-14/h2-3,5-7,11,13H,4,8-10,12H2,1H3/t13-/m1/s1. The smallest absolute Gasteiger partial charge is 0.330 e. The van der Waals surface area contributed by atoms with Gasteiger partial charge in [-0.25, -0.2) is 14.8 Å². The fourth-order valence-electron chi connectivity index (χ4n) is 3.54. The Hall–Kier alpha value is -3.07. The van der Waals surface area contributed by atoms with Crippen LogP contribution >= 0.6 is 0 Å². The van der Waals surface area contributed by atoms with E-state index in [4.69, 9.17) is 4.74 Å². The normalized spacial score (nSPS) is 16.9. The summed E-state index contributed by atoms with van der Waals surface area (Å²) in [5, 5.41) is 0. The van der Waals surface area contributed by atoms with Gasteiger partial charge in [0.05, 0.1) is 30.9 Å². The maximum atomic E-state index is 13.0. The monoisotopic (exact) mass is 368 g/mol. The number of methoxy groups -OCH3 is 1. The maximum Gasteiger partial charge on any atom is 0.330 e. The minimum Gasteiger partial charge on any atom is -0.383 e. The molecule has 4 rings (SSSR count). The van der Waals surface area contributed by atoms with Gasteiger partial charge in [0.1, 0.15) is 5.69 Å². The number of hydrogen-bond donors (Lipinski definition) is 0. The number of rotatable bonds is 5. The van der Waals surface area contributed by atoms with E-state index in [1.807, 2.05) is 12.1 Å². The molecule has 1 atom stereocenters. The molecule has 0 spiro atoms. The molecule has 1 aliphatic heterocycles. The number of carbonyl (C=O) groups is 1. The zero-order valence-corrected chi connectivity index (χ0v) is 15.0. The predicted molar refractivity (Wildman–Crippen MR) is 97.5 cm³/mol. The van der Waals surface area contributed by atoms with Gasteiger partial charge in [-0.15, -0.1) is 0 Å². The summed E-state index contributed by atoms with van der Waals surface area (Å²) >= 11 is 0. The first-order chi connectivity index (χ1) is 13.2. The van der Waals surface area contributed by atoms with Crippen molar-refractivity contribution in [3.8, 4) is 0 Å². The fourth-order valence-corrected chi connectivity index (χ4v) is 3.54. The third-order valence-electron chi connectivity index (χ3n) is 4.84. The highest BCUT2D eigenvalue weighted by Gasteiger charge is 2.31. The Morgan fingerprint density at radius 1 is 1.30 bits per heavy atom. The number of nitrogens with zero attached hydrogens (tertiary/aromatic N) is 6. The Balaban J connectivity index is 1.65. The van der Waals surface area contributed by atoms with Gasteiger partial charge in [-0.05, 0) is 18.6 Å². The average molecular weight is 368 g/mol. The molecular weight excluding hydrogens is 348 g/mol. The van der Waals surface area contributed by atoms with E-state index in [-0.39, 0.29) is 17.6 Å². The highest BCUT2D eigenvalue weighted by Crippen LogP contribution is 2.25. The van der Waals surface area contributed by atoms with Crippen molar-refractivity contribution in [3.63, 3.8) is 0 Å². The van der Waals surface area contributed by atoms with Crippen molar-refractivity contribution >= 4 is 17.1 Å². The molecule has 4 heterocycles. The molecule has 27 heavy (non-hydrogen) atoms. The summed E-state index contributed by atoms with van der Waals surface area (Å²) in [4.78, 5) is 39.8. The van der Waals surface area contributed by atoms with E-state index >= 15 is 0 Å². The molecule has 9 nitrogen and oxygen atoms in total. The first-order valence-corrected chi connectivity index (χ1v) is 8.80. The van der Waals surface area contributed by atoms with Gasteiger partial charge in [0.2, 0.25) is 0 Å². The van der Waals surface area contributed by atoms with Gasteiger partial charge in [0, 0.05) is 38.8 Å². The van der Waals surface area contributed by atoms with E-state index < -0.39 is 0 Å². The van der Waals surface area contributed by atoms with Gasteiger partial charge >= 0.3 is 5.69 Å². The zero-order valence-electron chi connectivity index (χ0n) is 15.0. The summed E-state index contributed by atoms with van der Waals surface area (Å²) in [5.74, 6) is -0.172. The van der Waals surface area contributed by atoms with E-state index in [2.05, 4.69) is 15.0 Å². The molecule has 0 aromatic carbocycles. The summed E-state index contributed by atoms with van der Waals surface area (Å²) in [6.45, 7) is 1.90. The lowest BCUT2D eigenvalue weighted by atomic mass is 10.2. The summed E-state index contributed by atoms with van der Waals surface area (Å²) in [7, 11) is 1.61. The van der Waals surface area contributed by atoms with E-state index in [0.717, 1.165) is 5.52 Å². The van der Waals surface area contributed by atoms with Gasteiger partial charge in [0.25, 0.3) is 5.91 Å². The van der Waals surface area contributed by atoms with Crippen LogP contribution in [0.3, 0.4) is 0 Å². The van der Waals surface area contributed by atoms with Crippen molar-refractivity contribution in [2.24, 2.45) is 0 Å². The van der Waals surface area contributed by atoms with E-state index in [1.54, 1.807) is 27.3 Å². The maximum absolute atomic E-state index is 13.0. The van der Waals surface area contributed by atoms with E-state index in [9.17, 15) is 9.59 Å². The van der Waals surface area contributed by atoms with Crippen LogP contribution in [0, 0.1) is 0 Å². The van der Waals surface area contributed by atoms with Gasteiger partial charge in [-0.2, -0.15) is 0 Å². The minimum atomic E-state index is -0.172. The molecule has 9 heteroatoms. The highest BCUT2D eigenvalue weighted by atomic mass is 16.5. The van der Waals surface area contributed by atoms with Gasteiger partial charge in [-0.1, -0.05) is 0 Å². The second kappa shape index (κ2) is 7.28. The number of pyridine rings is 1. The lowest BCUT2D eigenvalue weighted by Crippen LogP contribution is -2.33. The van der Waals surface area contributed by atoms with Crippen LogP contribution in [0.5, 0.6) is 0 Å². The molecule has 0 bridgehead atoms. The number of carbonyl (C=O) groups excluding carboxylic acids is 1. The zero-order chi connectivity index (χ0) is 18.8. The van der Waals surface area contributed by atoms with Crippen LogP contribution in [-0.2, 0) is 11.3 Å². The topological polar surface area (TPSA) is 95.1 Å². The quantitative estimate of drug-likeness (QED) is 0.659. The molecule has 3 aromatic heterocycles. The summed E-state index contributed by atoms with van der Waals surface area (Å²) in [6, 6.07) is 3.57. The second-order valence-electron chi connectivity index (χ2n) is 6.43. The first kappa shape index (κ1) is 17.3. The highest BCUT2D eigenvalue weighted by molar-refractivity contribution is 5.92. The molecule has 0 unspecified atom stereocenters.